The number of anilines is 1. The number of halogens is 7. The fourth-order valence-electron chi connectivity index (χ4n) is 5.99. The van der Waals surface area contributed by atoms with Gasteiger partial charge in [0.05, 0.1) is 37.0 Å². The molecule has 3 aromatic heterocycles. The van der Waals surface area contributed by atoms with E-state index in [2.05, 4.69) is 10.3 Å². The molecule has 1 aliphatic heterocycles. The average Bonchev–Trinajstić information content (AvgIpc) is 3.52. The Labute approximate surface area is 274 Å². The maximum absolute atomic E-state index is 15.4. The number of aromatic nitrogens is 3. The van der Waals surface area contributed by atoms with Crippen LogP contribution in [0, 0.1) is 19.7 Å². The number of fused-ring (bicyclic) bond motifs is 1. The van der Waals surface area contributed by atoms with Gasteiger partial charge in [-0.1, -0.05) is 0 Å². The largest absolute Gasteiger partial charge is 0.467 e. The highest BCUT2D eigenvalue weighted by atomic mass is 19.4. The van der Waals surface area contributed by atoms with Gasteiger partial charge in [-0.2, -0.15) is 26.3 Å². The maximum Gasteiger partial charge on any atom is 0.418 e. The van der Waals surface area contributed by atoms with Gasteiger partial charge in [-0.05, 0) is 49.2 Å². The summed E-state index contributed by atoms with van der Waals surface area (Å²) < 4.78 is 110. The van der Waals surface area contributed by atoms with E-state index in [1.54, 1.807) is 0 Å². The van der Waals surface area contributed by atoms with Gasteiger partial charge in [-0.3, -0.25) is 9.59 Å². The van der Waals surface area contributed by atoms with Crippen molar-refractivity contribution < 1.29 is 49.8 Å². The van der Waals surface area contributed by atoms with Crippen molar-refractivity contribution in [1.82, 2.24) is 19.3 Å². The van der Waals surface area contributed by atoms with E-state index in [9.17, 15) is 40.7 Å². The van der Waals surface area contributed by atoms with Gasteiger partial charge >= 0.3 is 18.3 Å². The summed E-state index contributed by atoms with van der Waals surface area (Å²) in [5, 5.41) is 2.42. The minimum atomic E-state index is -4.74. The zero-order chi connectivity index (χ0) is 36.0. The third-order valence-electron chi connectivity index (χ3n) is 8.39. The van der Waals surface area contributed by atoms with E-state index < -0.39 is 65.4 Å². The van der Waals surface area contributed by atoms with Gasteiger partial charge < -0.3 is 28.7 Å². The minimum Gasteiger partial charge on any atom is -0.467 e. The lowest BCUT2D eigenvalue weighted by Gasteiger charge is -2.38. The molecule has 0 unspecified atom stereocenters. The number of hydrogen-bond acceptors (Lipinski definition) is 7. The third kappa shape index (κ3) is 6.84. The second kappa shape index (κ2) is 13.2. The Morgan fingerprint density at radius 3 is 2.49 bits per heavy atom. The van der Waals surface area contributed by atoms with E-state index in [1.807, 2.05) is 0 Å². The van der Waals surface area contributed by atoms with E-state index in [1.165, 1.54) is 55.9 Å². The highest BCUT2D eigenvalue weighted by Crippen LogP contribution is 2.36. The first-order chi connectivity index (χ1) is 22.9. The number of methoxy groups -OCH3 is 1. The highest BCUT2D eigenvalue weighted by Gasteiger charge is 2.46. The normalized spacial score (nSPS) is 16.1. The Bertz CT molecular complexity index is 1960. The van der Waals surface area contributed by atoms with Gasteiger partial charge in [0.1, 0.15) is 23.5 Å². The van der Waals surface area contributed by atoms with Crippen LogP contribution in [0.2, 0.25) is 0 Å². The number of nitrogens with one attached hydrogen (secondary N) is 1. The molecule has 2 atom stereocenters. The van der Waals surface area contributed by atoms with Crippen LogP contribution >= 0.6 is 0 Å². The molecule has 0 bridgehead atoms. The molecule has 10 nitrogen and oxygen atoms in total. The zero-order valence-corrected chi connectivity index (χ0v) is 26.5. The van der Waals surface area contributed by atoms with Crippen molar-refractivity contribution >= 4 is 23.2 Å². The first kappa shape index (κ1) is 35.4. The number of imidazole rings is 1. The number of alkyl halides is 6. The van der Waals surface area contributed by atoms with Crippen LogP contribution in [-0.4, -0.2) is 71.0 Å². The fraction of sp³-hybridized carbons (Fsp3) is 0.375. The monoisotopic (exact) mass is 697 g/mol. The summed E-state index contributed by atoms with van der Waals surface area (Å²) in [4.78, 5) is 44.5. The van der Waals surface area contributed by atoms with Crippen molar-refractivity contribution in [2.45, 2.75) is 44.7 Å². The van der Waals surface area contributed by atoms with Crippen LogP contribution in [0.15, 0.2) is 47.7 Å². The molecule has 17 heteroatoms. The number of hydrogen-bond donors (Lipinski definition) is 1. The maximum atomic E-state index is 15.4. The topological polar surface area (TPSA) is 107 Å². The van der Waals surface area contributed by atoms with Crippen LogP contribution in [0.1, 0.15) is 32.7 Å². The SMILES string of the molecule is COC(=O)[C@H](Cc1ccc(-c2c(C)c(C(F)(F)F)cn(C)c2=O)c2nccn12)NC(=O)c1c(C)cc(N2CCOC[C@@H]2C(F)(F)F)cc1F. The number of ether oxygens (including phenoxy) is 2. The predicted octanol–water partition coefficient (Wildman–Crippen LogP) is 4.76. The number of morpholine rings is 1. The van der Waals surface area contributed by atoms with Crippen LogP contribution in [-0.2, 0) is 33.9 Å². The Morgan fingerprint density at radius 2 is 1.86 bits per heavy atom. The Hall–Kier alpha value is -4.93. The average molecular weight is 698 g/mol. The summed E-state index contributed by atoms with van der Waals surface area (Å²) in [6.45, 7) is 1.69. The number of carbonyl (C=O) groups excluding carboxylic acids is 2. The third-order valence-corrected chi connectivity index (χ3v) is 8.39. The van der Waals surface area contributed by atoms with Crippen molar-refractivity contribution in [3.05, 3.63) is 87.0 Å². The molecule has 1 N–H and O–H groups in total. The van der Waals surface area contributed by atoms with Crippen LogP contribution < -0.4 is 15.8 Å². The van der Waals surface area contributed by atoms with E-state index in [4.69, 9.17) is 9.47 Å². The molecule has 5 rings (SSSR count). The number of pyridine rings is 2. The van der Waals surface area contributed by atoms with E-state index in [0.717, 1.165) is 22.6 Å². The molecule has 49 heavy (non-hydrogen) atoms. The van der Waals surface area contributed by atoms with Crippen LogP contribution in [0.3, 0.4) is 0 Å². The van der Waals surface area contributed by atoms with Crippen LogP contribution in [0.5, 0.6) is 0 Å². The molecule has 0 radical (unpaired) electrons. The number of carbonyl (C=O) groups is 2. The summed E-state index contributed by atoms with van der Waals surface area (Å²) in [5.74, 6) is -3.10. The van der Waals surface area contributed by atoms with Gasteiger partial charge in [-0.15, -0.1) is 0 Å². The summed E-state index contributed by atoms with van der Waals surface area (Å²) in [7, 11) is 2.25. The van der Waals surface area contributed by atoms with Crippen LogP contribution in [0.4, 0.5) is 36.4 Å². The van der Waals surface area contributed by atoms with Gasteiger partial charge in [0.2, 0.25) is 0 Å². The summed E-state index contributed by atoms with van der Waals surface area (Å²) in [5.41, 5.74) is -2.36. The first-order valence-electron chi connectivity index (χ1n) is 14.8. The van der Waals surface area contributed by atoms with Gasteiger partial charge in [0.25, 0.3) is 11.5 Å². The molecule has 1 aliphatic rings. The van der Waals surface area contributed by atoms with Crippen molar-refractivity contribution in [2.75, 3.05) is 31.8 Å². The molecule has 1 fully saturated rings. The Morgan fingerprint density at radius 1 is 1.14 bits per heavy atom. The first-order valence-corrected chi connectivity index (χ1v) is 14.8. The summed E-state index contributed by atoms with van der Waals surface area (Å²) >= 11 is 0. The lowest BCUT2D eigenvalue weighted by molar-refractivity contribution is -0.167. The smallest absolute Gasteiger partial charge is 0.418 e. The van der Waals surface area contributed by atoms with Crippen LogP contribution in [0.25, 0.3) is 16.8 Å². The molecule has 4 aromatic rings. The lowest BCUT2D eigenvalue weighted by Crippen LogP contribution is -2.53. The highest BCUT2D eigenvalue weighted by molar-refractivity contribution is 5.98. The molecule has 1 saturated heterocycles. The number of esters is 1. The number of nitrogens with zero attached hydrogens (tertiary/aromatic N) is 4. The minimum absolute atomic E-state index is 0.00271. The molecule has 0 saturated carbocycles. The van der Waals surface area contributed by atoms with Crippen molar-refractivity contribution in [1.29, 1.82) is 0 Å². The number of benzene rings is 1. The number of aryl methyl sites for hydroxylation is 2. The summed E-state index contributed by atoms with van der Waals surface area (Å²) in [6.07, 6.45) is -6.19. The van der Waals surface area contributed by atoms with Gasteiger partial charge in [-0.25, -0.2) is 14.2 Å². The molecular formula is C32H30F7N5O5. The fourth-order valence-corrected chi connectivity index (χ4v) is 5.99. The van der Waals surface area contributed by atoms with E-state index >= 15 is 4.39 Å². The lowest BCUT2D eigenvalue weighted by atomic mass is 9.98. The summed E-state index contributed by atoms with van der Waals surface area (Å²) in [6, 6.07) is 1.42. The standard InChI is InChI=1S/C32H30F7N5O5/c1-16-11-19(43-9-10-49-15-24(43)32(37,38)39)12-22(33)25(16)28(45)41-23(30(47)48-4)13-18-5-6-20(27-40-7-8-44(18)27)26-17(2)21(31(34,35)36)14-42(3)29(26)46/h5-8,11-12,14,23-24H,9-10,13,15H2,1-4H3,(H,41,45)/t23-,24+/m0/s1. The van der Waals surface area contributed by atoms with Crippen molar-refractivity contribution in [3.8, 4) is 11.1 Å². The number of rotatable bonds is 7. The van der Waals surface area contributed by atoms with Crippen molar-refractivity contribution in [3.63, 3.8) is 0 Å². The molecule has 0 spiro atoms. The molecule has 4 heterocycles. The van der Waals surface area contributed by atoms with E-state index in [-0.39, 0.29) is 53.2 Å². The predicted molar refractivity (Wildman–Crippen MR) is 162 cm³/mol. The number of amides is 1. The van der Waals surface area contributed by atoms with Crippen molar-refractivity contribution in [2.24, 2.45) is 7.05 Å². The molecule has 1 aromatic carbocycles. The molecular weight excluding hydrogens is 667 g/mol. The quantitative estimate of drug-likeness (QED) is 0.220. The van der Waals surface area contributed by atoms with Gasteiger partial charge in [0, 0.05) is 55.5 Å². The zero-order valence-electron chi connectivity index (χ0n) is 26.5. The Kier molecular flexibility index (Phi) is 9.51. The Balaban J connectivity index is 1.47. The molecule has 262 valence electrons. The van der Waals surface area contributed by atoms with E-state index in [0.29, 0.717) is 11.9 Å². The molecule has 1 amide bonds. The van der Waals surface area contributed by atoms with Gasteiger partial charge in [0.15, 0.2) is 0 Å². The second-order valence-electron chi connectivity index (χ2n) is 11.5. The molecule has 0 aliphatic carbocycles. The second-order valence-corrected chi connectivity index (χ2v) is 11.5.